The number of hydrazone groups is 1. The van der Waals surface area contributed by atoms with Crippen molar-refractivity contribution in [3.63, 3.8) is 0 Å². The van der Waals surface area contributed by atoms with Crippen LogP contribution in [0, 0.1) is 0 Å². The quantitative estimate of drug-likeness (QED) is 0.442. The Balaban J connectivity index is 2.06. The highest BCUT2D eigenvalue weighted by atomic mass is 35.5. The van der Waals surface area contributed by atoms with Crippen LogP contribution in [0.5, 0.6) is 11.5 Å². The van der Waals surface area contributed by atoms with Crippen LogP contribution >= 0.6 is 11.6 Å². The van der Waals surface area contributed by atoms with Crippen molar-refractivity contribution in [3.05, 3.63) is 53.1 Å². The van der Waals surface area contributed by atoms with Gasteiger partial charge in [-0.2, -0.15) is 5.10 Å². The van der Waals surface area contributed by atoms with Crippen LogP contribution in [0.25, 0.3) is 0 Å². The first-order valence-corrected chi connectivity index (χ1v) is 7.57. The van der Waals surface area contributed by atoms with Gasteiger partial charge in [0.15, 0.2) is 0 Å². The molecular weight excluding hydrogens is 346 g/mol. The smallest absolute Gasteiger partial charge is 0.329 e. The van der Waals surface area contributed by atoms with Gasteiger partial charge in [-0.25, -0.2) is 5.43 Å². The average Bonchev–Trinajstić information content (AvgIpc) is 2.60. The number of methoxy groups -OCH3 is 1. The molecule has 0 spiro atoms. The first-order valence-electron chi connectivity index (χ1n) is 7.20. The standard InChI is InChI=1S/C17H16ClN3O4/c1-10(12-5-3-4-6-14(12)22)20-21-17(24)16(23)19-13-9-11(18)7-8-15(13)25-2/h3-9,22H,1-2H3,(H,19,23)(H,21,24). The molecule has 0 radical (unpaired) electrons. The molecule has 2 aromatic rings. The minimum atomic E-state index is -0.975. The number of hydrogen-bond acceptors (Lipinski definition) is 5. The minimum absolute atomic E-state index is 0.0196. The highest BCUT2D eigenvalue weighted by Gasteiger charge is 2.16. The van der Waals surface area contributed by atoms with Gasteiger partial charge in [-0.1, -0.05) is 23.7 Å². The molecule has 0 aliphatic heterocycles. The molecule has 0 unspecified atom stereocenters. The molecule has 25 heavy (non-hydrogen) atoms. The summed E-state index contributed by atoms with van der Waals surface area (Å²) in [5, 5.41) is 16.3. The molecule has 2 rings (SSSR count). The van der Waals surface area contributed by atoms with Crippen molar-refractivity contribution in [1.82, 2.24) is 5.43 Å². The van der Waals surface area contributed by atoms with Crippen molar-refractivity contribution >= 4 is 34.8 Å². The van der Waals surface area contributed by atoms with Crippen LogP contribution in [0.2, 0.25) is 5.02 Å². The summed E-state index contributed by atoms with van der Waals surface area (Å²) in [4.78, 5) is 23.9. The van der Waals surface area contributed by atoms with Crippen LogP contribution in [0.1, 0.15) is 12.5 Å². The Labute approximate surface area is 149 Å². The second-order valence-corrected chi connectivity index (χ2v) is 5.39. The second kappa shape index (κ2) is 8.16. The maximum atomic E-state index is 12.0. The Hall–Kier alpha value is -3.06. The number of nitrogens with one attached hydrogen (secondary N) is 2. The molecule has 0 saturated carbocycles. The van der Waals surface area contributed by atoms with Crippen LogP contribution in [0.15, 0.2) is 47.6 Å². The summed E-state index contributed by atoms with van der Waals surface area (Å²) in [6, 6.07) is 11.1. The third-order valence-corrected chi connectivity index (χ3v) is 3.47. The van der Waals surface area contributed by atoms with Crippen molar-refractivity contribution in [2.75, 3.05) is 12.4 Å². The Morgan fingerprint density at radius 2 is 1.88 bits per heavy atom. The maximum Gasteiger partial charge on any atom is 0.329 e. The predicted molar refractivity (Wildman–Crippen MR) is 95.1 cm³/mol. The lowest BCUT2D eigenvalue weighted by Gasteiger charge is -2.10. The number of aromatic hydroxyl groups is 1. The number of phenols is 1. The van der Waals surface area contributed by atoms with Crippen molar-refractivity contribution in [2.24, 2.45) is 5.10 Å². The fourth-order valence-electron chi connectivity index (χ4n) is 1.98. The van der Waals surface area contributed by atoms with E-state index in [0.29, 0.717) is 22.0 Å². The number of halogens is 1. The predicted octanol–water partition coefficient (Wildman–Crippen LogP) is 2.53. The number of carbonyl (C=O) groups excluding carboxylic acids is 2. The van der Waals surface area contributed by atoms with Gasteiger partial charge in [0.05, 0.1) is 18.5 Å². The molecule has 0 saturated heterocycles. The molecule has 7 nitrogen and oxygen atoms in total. The Kier molecular flexibility index (Phi) is 5.97. The highest BCUT2D eigenvalue weighted by Crippen LogP contribution is 2.27. The zero-order valence-corrected chi connectivity index (χ0v) is 14.3. The summed E-state index contributed by atoms with van der Waals surface area (Å²) in [5.41, 5.74) is 3.18. The van der Waals surface area contributed by atoms with Crippen molar-refractivity contribution in [1.29, 1.82) is 0 Å². The van der Waals surface area contributed by atoms with Gasteiger partial charge >= 0.3 is 11.8 Å². The van der Waals surface area contributed by atoms with E-state index in [1.54, 1.807) is 37.3 Å². The summed E-state index contributed by atoms with van der Waals surface area (Å²) in [5.74, 6) is -1.53. The number of carbonyl (C=O) groups is 2. The van der Waals surface area contributed by atoms with Gasteiger partial charge in [0.2, 0.25) is 0 Å². The molecule has 3 N–H and O–H groups in total. The summed E-state index contributed by atoms with van der Waals surface area (Å²) >= 11 is 5.87. The van der Waals surface area contributed by atoms with Crippen LogP contribution < -0.4 is 15.5 Å². The number of ether oxygens (including phenoxy) is 1. The Morgan fingerprint density at radius 1 is 1.16 bits per heavy atom. The maximum absolute atomic E-state index is 12.0. The summed E-state index contributed by atoms with van der Waals surface area (Å²) in [6.45, 7) is 1.59. The van der Waals surface area contributed by atoms with E-state index in [4.69, 9.17) is 16.3 Å². The number of para-hydroxylation sites is 1. The molecule has 2 amide bonds. The minimum Gasteiger partial charge on any atom is -0.507 e. The third-order valence-electron chi connectivity index (χ3n) is 3.23. The number of amides is 2. The zero-order valence-electron chi connectivity index (χ0n) is 13.5. The zero-order chi connectivity index (χ0) is 18.4. The fourth-order valence-corrected chi connectivity index (χ4v) is 2.15. The van der Waals surface area contributed by atoms with E-state index in [0.717, 1.165) is 0 Å². The van der Waals surface area contributed by atoms with Crippen LogP contribution in [0.3, 0.4) is 0 Å². The molecule has 130 valence electrons. The molecule has 8 heteroatoms. The van der Waals surface area contributed by atoms with Crippen molar-refractivity contribution in [3.8, 4) is 11.5 Å². The molecule has 0 aliphatic rings. The lowest BCUT2D eigenvalue weighted by molar-refractivity contribution is -0.136. The van der Waals surface area contributed by atoms with Gasteiger partial charge in [0, 0.05) is 10.6 Å². The number of nitrogens with zero attached hydrogens (tertiary/aromatic N) is 1. The van der Waals surface area contributed by atoms with E-state index in [1.807, 2.05) is 0 Å². The molecule has 0 bridgehead atoms. The lowest BCUT2D eigenvalue weighted by Crippen LogP contribution is -2.33. The van der Waals surface area contributed by atoms with E-state index >= 15 is 0 Å². The molecule has 0 aromatic heterocycles. The van der Waals surface area contributed by atoms with E-state index in [-0.39, 0.29) is 11.4 Å². The third kappa shape index (κ3) is 4.71. The lowest BCUT2D eigenvalue weighted by atomic mass is 10.1. The molecule has 0 heterocycles. The fraction of sp³-hybridized carbons (Fsp3) is 0.118. The van der Waals surface area contributed by atoms with Crippen LogP contribution in [-0.4, -0.2) is 29.7 Å². The first kappa shape index (κ1) is 18.3. The topological polar surface area (TPSA) is 100 Å². The van der Waals surface area contributed by atoms with Gasteiger partial charge in [0.1, 0.15) is 11.5 Å². The number of anilines is 1. The van der Waals surface area contributed by atoms with Gasteiger partial charge in [-0.3, -0.25) is 9.59 Å². The number of rotatable bonds is 4. The summed E-state index contributed by atoms with van der Waals surface area (Å²) < 4.78 is 5.09. The van der Waals surface area contributed by atoms with Gasteiger partial charge in [-0.05, 0) is 37.3 Å². The molecule has 2 aromatic carbocycles. The average molecular weight is 362 g/mol. The van der Waals surface area contributed by atoms with E-state index < -0.39 is 11.8 Å². The molecule has 0 fully saturated rings. The monoisotopic (exact) mass is 361 g/mol. The summed E-state index contributed by atoms with van der Waals surface area (Å²) in [7, 11) is 1.43. The largest absolute Gasteiger partial charge is 0.507 e. The number of benzene rings is 2. The molecular formula is C17H16ClN3O4. The SMILES string of the molecule is COc1ccc(Cl)cc1NC(=O)C(=O)NN=C(C)c1ccccc1O. The normalized spacial score (nSPS) is 10.9. The number of hydrogen-bond donors (Lipinski definition) is 3. The van der Waals surface area contributed by atoms with E-state index in [2.05, 4.69) is 15.8 Å². The number of phenolic OH excluding ortho intramolecular Hbond substituents is 1. The van der Waals surface area contributed by atoms with Gasteiger partial charge in [0.25, 0.3) is 0 Å². The van der Waals surface area contributed by atoms with Gasteiger partial charge < -0.3 is 15.2 Å². The van der Waals surface area contributed by atoms with Crippen molar-refractivity contribution < 1.29 is 19.4 Å². The second-order valence-electron chi connectivity index (χ2n) is 4.95. The molecule has 0 atom stereocenters. The van der Waals surface area contributed by atoms with Crippen LogP contribution in [0.4, 0.5) is 5.69 Å². The molecule has 0 aliphatic carbocycles. The highest BCUT2D eigenvalue weighted by molar-refractivity contribution is 6.40. The van der Waals surface area contributed by atoms with E-state index in [9.17, 15) is 14.7 Å². The van der Waals surface area contributed by atoms with E-state index in [1.165, 1.54) is 19.2 Å². The Bertz CT molecular complexity index is 836. The van der Waals surface area contributed by atoms with Gasteiger partial charge in [-0.15, -0.1) is 0 Å². The first-order chi connectivity index (χ1) is 11.9. The summed E-state index contributed by atoms with van der Waals surface area (Å²) in [6.07, 6.45) is 0. The Morgan fingerprint density at radius 3 is 2.56 bits per heavy atom. The van der Waals surface area contributed by atoms with Crippen molar-refractivity contribution in [2.45, 2.75) is 6.92 Å². The van der Waals surface area contributed by atoms with Crippen LogP contribution in [-0.2, 0) is 9.59 Å².